The van der Waals surface area contributed by atoms with Crippen LogP contribution < -0.4 is 10.6 Å². The minimum atomic E-state index is -0.306. The Morgan fingerprint density at radius 2 is 1.71 bits per heavy atom. The first-order chi connectivity index (χ1) is 14.9. The smallest absolute Gasteiger partial charge is 0.176 e. The molecule has 0 saturated heterocycles. The Balaban J connectivity index is 1.35. The molecule has 158 valence electrons. The van der Waals surface area contributed by atoms with Crippen molar-refractivity contribution in [2.24, 2.45) is 0 Å². The average molecular weight is 459 g/mol. The van der Waals surface area contributed by atoms with Crippen LogP contribution >= 0.6 is 23.8 Å². The van der Waals surface area contributed by atoms with Crippen LogP contribution in [0.2, 0.25) is 5.02 Å². The molecule has 2 heterocycles. The highest BCUT2D eigenvalue weighted by atomic mass is 35.5. The molecule has 2 N–H and O–H groups in total. The summed E-state index contributed by atoms with van der Waals surface area (Å²) < 4.78 is 29.7. The molecule has 0 bridgehead atoms. The highest BCUT2D eigenvalue weighted by Gasteiger charge is 2.10. The second kappa shape index (κ2) is 9.23. The number of nitrogens with zero attached hydrogens (tertiary/aromatic N) is 4. The molecule has 2 aromatic carbocycles. The van der Waals surface area contributed by atoms with Crippen molar-refractivity contribution in [3.8, 4) is 0 Å². The number of benzene rings is 2. The van der Waals surface area contributed by atoms with Gasteiger partial charge in [-0.1, -0.05) is 35.9 Å². The van der Waals surface area contributed by atoms with Crippen molar-refractivity contribution in [1.82, 2.24) is 19.6 Å². The van der Waals surface area contributed by atoms with E-state index in [1.165, 1.54) is 24.3 Å². The lowest BCUT2D eigenvalue weighted by molar-refractivity contribution is 0.619. The molecule has 0 aliphatic carbocycles. The van der Waals surface area contributed by atoms with Crippen molar-refractivity contribution >= 4 is 40.4 Å². The monoisotopic (exact) mass is 458 g/mol. The molecule has 0 atom stereocenters. The molecule has 0 fully saturated rings. The number of thiocarbonyl (C=S) groups is 1. The molecule has 2 aromatic heterocycles. The topological polar surface area (TPSA) is 59.7 Å². The first kappa shape index (κ1) is 21.0. The standard InChI is InChI=1S/C21H17ClF2N6S/c22-19-13-30(11-15-2-1-3-17(24)8-15)28-20(19)27-21(31)26-18-9-25-29(12-18)10-14-4-6-16(23)7-5-14/h1-9,12-13H,10-11H2,(H2,26,27,28,31). The second-order valence-corrected chi connectivity index (χ2v) is 7.60. The number of hydrogen-bond donors (Lipinski definition) is 2. The molecule has 6 nitrogen and oxygen atoms in total. The van der Waals surface area contributed by atoms with Gasteiger partial charge in [0.2, 0.25) is 0 Å². The normalized spacial score (nSPS) is 10.8. The summed E-state index contributed by atoms with van der Waals surface area (Å²) in [6.45, 7) is 0.869. The van der Waals surface area contributed by atoms with Crippen LogP contribution in [0.1, 0.15) is 11.1 Å². The van der Waals surface area contributed by atoms with Crippen molar-refractivity contribution in [3.05, 3.63) is 94.9 Å². The van der Waals surface area contributed by atoms with E-state index in [2.05, 4.69) is 20.8 Å². The quantitative estimate of drug-likeness (QED) is 0.402. The summed E-state index contributed by atoms with van der Waals surface area (Å²) in [5.74, 6) is -0.200. The lowest BCUT2D eigenvalue weighted by Crippen LogP contribution is -2.19. The first-order valence-corrected chi connectivity index (χ1v) is 10.1. The summed E-state index contributed by atoms with van der Waals surface area (Å²) in [5, 5.41) is 15.3. The van der Waals surface area contributed by atoms with Crippen molar-refractivity contribution in [2.75, 3.05) is 10.6 Å². The van der Waals surface area contributed by atoms with Gasteiger partial charge in [-0.2, -0.15) is 10.2 Å². The van der Waals surface area contributed by atoms with E-state index in [1.807, 2.05) is 6.07 Å². The molecule has 10 heteroatoms. The van der Waals surface area contributed by atoms with Crippen LogP contribution in [0.25, 0.3) is 0 Å². The van der Waals surface area contributed by atoms with E-state index >= 15 is 0 Å². The summed E-state index contributed by atoms with van der Waals surface area (Å²) >= 11 is 11.6. The zero-order valence-corrected chi connectivity index (χ0v) is 17.7. The van der Waals surface area contributed by atoms with E-state index < -0.39 is 0 Å². The zero-order chi connectivity index (χ0) is 21.8. The Kier molecular flexibility index (Phi) is 6.24. The molecule has 0 radical (unpaired) electrons. The molecular formula is C21H17ClF2N6S. The number of halogens is 3. The van der Waals surface area contributed by atoms with Gasteiger partial charge in [-0.3, -0.25) is 9.36 Å². The lowest BCUT2D eigenvalue weighted by Gasteiger charge is -2.07. The summed E-state index contributed by atoms with van der Waals surface area (Å²) in [4.78, 5) is 0. The number of anilines is 2. The Hall–Kier alpha value is -3.30. The van der Waals surface area contributed by atoms with E-state index in [-0.39, 0.29) is 11.6 Å². The van der Waals surface area contributed by atoms with E-state index in [0.717, 1.165) is 11.1 Å². The molecule has 4 rings (SSSR count). The van der Waals surface area contributed by atoms with Gasteiger partial charge in [0.25, 0.3) is 0 Å². The summed E-state index contributed by atoms with van der Waals surface area (Å²) in [5.41, 5.74) is 2.36. The van der Waals surface area contributed by atoms with Gasteiger partial charge in [0.1, 0.15) is 16.7 Å². The van der Waals surface area contributed by atoms with E-state index in [9.17, 15) is 8.78 Å². The second-order valence-electron chi connectivity index (χ2n) is 6.79. The van der Waals surface area contributed by atoms with Gasteiger partial charge in [0, 0.05) is 12.4 Å². The van der Waals surface area contributed by atoms with Crippen molar-refractivity contribution in [1.29, 1.82) is 0 Å². The van der Waals surface area contributed by atoms with E-state index in [1.54, 1.807) is 46.2 Å². The fraction of sp³-hybridized carbons (Fsp3) is 0.0952. The van der Waals surface area contributed by atoms with Crippen LogP contribution in [0.15, 0.2) is 67.1 Å². The van der Waals surface area contributed by atoms with Crippen molar-refractivity contribution < 1.29 is 8.78 Å². The molecule has 0 unspecified atom stereocenters. The molecule has 0 spiro atoms. The summed E-state index contributed by atoms with van der Waals surface area (Å²) in [6, 6.07) is 12.5. The maximum Gasteiger partial charge on any atom is 0.176 e. The van der Waals surface area contributed by atoms with Crippen LogP contribution in [0.3, 0.4) is 0 Å². The highest BCUT2D eigenvalue weighted by molar-refractivity contribution is 7.80. The lowest BCUT2D eigenvalue weighted by atomic mass is 10.2. The van der Waals surface area contributed by atoms with Gasteiger partial charge in [-0.15, -0.1) is 0 Å². The molecule has 0 aliphatic rings. The minimum absolute atomic E-state index is 0.278. The third-order valence-electron chi connectivity index (χ3n) is 4.33. The minimum Gasteiger partial charge on any atom is -0.330 e. The van der Waals surface area contributed by atoms with Gasteiger partial charge in [0.05, 0.1) is 25.0 Å². The molecule has 0 saturated carbocycles. The number of nitrogens with one attached hydrogen (secondary N) is 2. The first-order valence-electron chi connectivity index (χ1n) is 9.27. The zero-order valence-electron chi connectivity index (χ0n) is 16.1. The van der Waals surface area contributed by atoms with E-state index in [0.29, 0.717) is 34.7 Å². The predicted octanol–water partition coefficient (Wildman–Crippen LogP) is 4.92. The predicted molar refractivity (Wildman–Crippen MR) is 120 cm³/mol. The third-order valence-corrected chi connectivity index (χ3v) is 4.81. The Labute approximate surface area is 187 Å². The van der Waals surface area contributed by atoms with Crippen LogP contribution in [0.4, 0.5) is 20.3 Å². The van der Waals surface area contributed by atoms with Crippen LogP contribution in [0, 0.1) is 11.6 Å². The van der Waals surface area contributed by atoms with Crippen LogP contribution in [0.5, 0.6) is 0 Å². The van der Waals surface area contributed by atoms with Crippen LogP contribution in [-0.4, -0.2) is 24.7 Å². The van der Waals surface area contributed by atoms with Crippen molar-refractivity contribution in [2.45, 2.75) is 13.1 Å². The molecule has 0 amide bonds. The average Bonchev–Trinajstić information content (AvgIpc) is 3.29. The van der Waals surface area contributed by atoms with Gasteiger partial charge < -0.3 is 10.6 Å². The van der Waals surface area contributed by atoms with Crippen molar-refractivity contribution in [3.63, 3.8) is 0 Å². The maximum atomic E-state index is 13.4. The highest BCUT2D eigenvalue weighted by Crippen LogP contribution is 2.20. The summed E-state index contributed by atoms with van der Waals surface area (Å²) in [6.07, 6.45) is 5.04. The fourth-order valence-corrected chi connectivity index (χ4v) is 3.36. The molecular weight excluding hydrogens is 442 g/mol. The SMILES string of the molecule is Fc1ccc(Cn2cc(NC(=S)Nc3nn(Cc4cccc(F)c4)cc3Cl)cn2)cc1. The van der Waals surface area contributed by atoms with Crippen LogP contribution in [-0.2, 0) is 13.1 Å². The van der Waals surface area contributed by atoms with Gasteiger partial charge in [-0.25, -0.2) is 8.78 Å². The van der Waals surface area contributed by atoms with Gasteiger partial charge >= 0.3 is 0 Å². The number of rotatable bonds is 6. The maximum absolute atomic E-state index is 13.4. The largest absolute Gasteiger partial charge is 0.330 e. The summed E-state index contributed by atoms with van der Waals surface area (Å²) in [7, 11) is 0. The van der Waals surface area contributed by atoms with E-state index in [4.69, 9.17) is 23.8 Å². The Bertz CT molecular complexity index is 1200. The van der Waals surface area contributed by atoms with Gasteiger partial charge in [-0.05, 0) is 47.6 Å². The molecule has 0 aliphatic heterocycles. The number of hydrogen-bond acceptors (Lipinski definition) is 3. The Morgan fingerprint density at radius 3 is 2.48 bits per heavy atom. The van der Waals surface area contributed by atoms with Gasteiger partial charge in [0.15, 0.2) is 10.9 Å². The molecule has 31 heavy (non-hydrogen) atoms. The number of aromatic nitrogens is 4. The fourth-order valence-electron chi connectivity index (χ4n) is 2.95. The Morgan fingerprint density at radius 1 is 0.935 bits per heavy atom. The third kappa shape index (κ3) is 5.65. The molecule has 4 aromatic rings.